The third kappa shape index (κ3) is 1.77. The van der Waals surface area contributed by atoms with E-state index in [0.29, 0.717) is 13.1 Å². The van der Waals surface area contributed by atoms with Crippen LogP contribution < -0.4 is 5.73 Å². The van der Waals surface area contributed by atoms with Crippen LogP contribution in [0.3, 0.4) is 0 Å². The molecule has 0 aliphatic carbocycles. The van der Waals surface area contributed by atoms with Crippen molar-refractivity contribution in [3.8, 4) is 0 Å². The highest BCUT2D eigenvalue weighted by Crippen LogP contribution is 2.23. The molecule has 0 saturated carbocycles. The summed E-state index contributed by atoms with van der Waals surface area (Å²) in [7, 11) is -3.42. The molecule has 1 aliphatic rings. The van der Waals surface area contributed by atoms with E-state index in [1.807, 2.05) is 0 Å². The molecule has 1 aromatic heterocycles. The van der Waals surface area contributed by atoms with Crippen molar-refractivity contribution in [3.63, 3.8) is 0 Å². The van der Waals surface area contributed by atoms with Gasteiger partial charge in [-0.2, -0.15) is 4.31 Å². The van der Waals surface area contributed by atoms with Crippen LogP contribution in [0, 0.1) is 0 Å². The Morgan fingerprint density at radius 1 is 1.67 bits per heavy atom. The minimum Gasteiger partial charge on any atom is -0.335 e. The van der Waals surface area contributed by atoms with Crippen LogP contribution in [0.4, 0.5) is 0 Å². The van der Waals surface area contributed by atoms with Crippen molar-refractivity contribution in [3.05, 3.63) is 12.5 Å². The summed E-state index contributed by atoms with van der Waals surface area (Å²) in [4.78, 5) is 6.34. The van der Waals surface area contributed by atoms with Crippen LogP contribution in [0.5, 0.6) is 0 Å². The van der Waals surface area contributed by atoms with Gasteiger partial charge in [0.05, 0.1) is 12.5 Å². The van der Waals surface area contributed by atoms with Crippen LogP contribution in [0.25, 0.3) is 0 Å². The standard InChI is InChI=1S/C8H14N4O2S/c9-4-7-2-1-3-12(7)15(13,14)8-5-10-6-11-8/h5-7H,1-4,9H2,(H,10,11). The van der Waals surface area contributed by atoms with Crippen LogP contribution in [-0.4, -0.2) is 41.8 Å². The van der Waals surface area contributed by atoms with Gasteiger partial charge in [0.15, 0.2) is 5.03 Å². The Balaban J connectivity index is 2.30. The maximum Gasteiger partial charge on any atom is 0.260 e. The summed E-state index contributed by atoms with van der Waals surface area (Å²) in [6, 6.07) is -0.0710. The average molecular weight is 230 g/mol. The molecule has 1 unspecified atom stereocenters. The van der Waals surface area contributed by atoms with Crippen LogP contribution in [-0.2, 0) is 10.0 Å². The highest BCUT2D eigenvalue weighted by atomic mass is 32.2. The number of nitrogens with one attached hydrogen (secondary N) is 1. The predicted molar refractivity (Wildman–Crippen MR) is 54.6 cm³/mol. The number of aromatic nitrogens is 2. The molecule has 3 N–H and O–H groups in total. The maximum absolute atomic E-state index is 12.1. The number of imidazole rings is 1. The predicted octanol–water partition coefficient (Wildman–Crippen LogP) is -0.479. The van der Waals surface area contributed by atoms with E-state index in [2.05, 4.69) is 9.97 Å². The van der Waals surface area contributed by atoms with Gasteiger partial charge in [-0.05, 0) is 12.8 Å². The topological polar surface area (TPSA) is 92.1 Å². The summed E-state index contributed by atoms with van der Waals surface area (Å²) in [5.74, 6) is 0. The number of H-pyrrole nitrogens is 1. The van der Waals surface area contributed by atoms with Gasteiger partial charge in [-0.25, -0.2) is 13.4 Å². The lowest BCUT2D eigenvalue weighted by Crippen LogP contribution is -2.39. The molecule has 0 aromatic carbocycles. The van der Waals surface area contributed by atoms with E-state index >= 15 is 0 Å². The van der Waals surface area contributed by atoms with Gasteiger partial charge < -0.3 is 10.7 Å². The summed E-state index contributed by atoms with van der Waals surface area (Å²) < 4.78 is 25.6. The van der Waals surface area contributed by atoms with Gasteiger partial charge in [-0.15, -0.1) is 0 Å². The third-order valence-corrected chi connectivity index (χ3v) is 4.53. The van der Waals surface area contributed by atoms with Gasteiger partial charge in [-0.1, -0.05) is 0 Å². The molecule has 15 heavy (non-hydrogen) atoms. The minimum absolute atomic E-state index is 0.0710. The molecule has 1 fully saturated rings. The van der Waals surface area contributed by atoms with Crippen LogP contribution in [0.1, 0.15) is 12.8 Å². The Morgan fingerprint density at radius 3 is 3.07 bits per heavy atom. The molecule has 0 spiro atoms. The van der Waals surface area contributed by atoms with Crippen LogP contribution in [0.15, 0.2) is 17.6 Å². The molecule has 0 bridgehead atoms. The molecular formula is C8H14N4O2S. The maximum atomic E-state index is 12.1. The Hall–Kier alpha value is -0.920. The number of aromatic amines is 1. The Bertz CT molecular complexity index is 414. The highest BCUT2D eigenvalue weighted by Gasteiger charge is 2.35. The normalized spacial score (nSPS) is 23.4. The van der Waals surface area contributed by atoms with Crippen molar-refractivity contribution in [1.29, 1.82) is 0 Å². The summed E-state index contributed by atoms with van der Waals surface area (Å²) >= 11 is 0. The molecule has 1 atom stereocenters. The van der Waals surface area contributed by atoms with Crippen molar-refractivity contribution < 1.29 is 8.42 Å². The SMILES string of the molecule is NCC1CCCN1S(=O)(=O)c1cnc[nH]1. The van der Waals surface area contributed by atoms with Gasteiger partial charge in [0.2, 0.25) is 0 Å². The van der Waals surface area contributed by atoms with Crippen molar-refractivity contribution >= 4 is 10.0 Å². The summed E-state index contributed by atoms with van der Waals surface area (Å²) in [5.41, 5.74) is 5.54. The molecule has 7 heteroatoms. The van der Waals surface area contributed by atoms with Gasteiger partial charge in [-0.3, -0.25) is 0 Å². The molecule has 2 rings (SSSR count). The number of hydrogen-bond donors (Lipinski definition) is 2. The monoisotopic (exact) mass is 230 g/mol. The average Bonchev–Trinajstić information content (AvgIpc) is 2.89. The first-order chi connectivity index (χ1) is 7.16. The fraction of sp³-hybridized carbons (Fsp3) is 0.625. The van der Waals surface area contributed by atoms with Crippen molar-refractivity contribution in [2.24, 2.45) is 5.73 Å². The number of hydrogen-bond acceptors (Lipinski definition) is 4. The Labute approximate surface area is 88.5 Å². The number of nitrogens with two attached hydrogens (primary N) is 1. The number of nitrogens with zero attached hydrogens (tertiary/aromatic N) is 2. The van der Waals surface area contributed by atoms with Crippen molar-refractivity contribution in [2.75, 3.05) is 13.1 Å². The lowest BCUT2D eigenvalue weighted by molar-refractivity contribution is 0.391. The largest absolute Gasteiger partial charge is 0.335 e. The molecule has 0 amide bonds. The van der Waals surface area contributed by atoms with Gasteiger partial charge in [0, 0.05) is 19.1 Å². The molecule has 6 nitrogen and oxygen atoms in total. The second kappa shape index (κ2) is 3.92. The number of sulfonamides is 1. The quantitative estimate of drug-likeness (QED) is 0.733. The van der Waals surface area contributed by atoms with Crippen molar-refractivity contribution in [2.45, 2.75) is 23.9 Å². The summed E-state index contributed by atoms with van der Waals surface area (Å²) in [6.07, 6.45) is 4.39. The zero-order valence-corrected chi connectivity index (χ0v) is 9.07. The molecule has 1 saturated heterocycles. The van der Waals surface area contributed by atoms with Crippen LogP contribution in [0.2, 0.25) is 0 Å². The van der Waals surface area contributed by atoms with E-state index in [-0.39, 0.29) is 11.1 Å². The summed E-state index contributed by atoms with van der Waals surface area (Å²) in [5, 5.41) is 0.142. The fourth-order valence-electron chi connectivity index (χ4n) is 1.87. The molecular weight excluding hydrogens is 216 g/mol. The van der Waals surface area contributed by atoms with Gasteiger partial charge >= 0.3 is 0 Å². The van der Waals surface area contributed by atoms with Crippen molar-refractivity contribution in [1.82, 2.24) is 14.3 Å². The first-order valence-corrected chi connectivity index (χ1v) is 6.30. The smallest absolute Gasteiger partial charge is 0.260 e. The first kappa shape index (κ1) is 10.6. The zero-order chi connectivity index (χ0) is 10.9. The zero-order valence-electron chi connectivity index (χ0n) is 8.26. The highest BCUT2D eigenvalue weighted by molar-refractivity contribution is 7.89. The van der Waals surface area contributed by atoms with Crippen LogP contribution >= 0.6 is 0 Å². The van der Waals surface area contributed by atoms with E-state index in [9.17, 15) is 8.42 Å². The lowest BCUT2D eigenvalue weighted by Gasteiger charge is -2.21. The van der Waals surface area contributed by atoms with E-state index < -0.39 is 10.0 Å². The minimum atomic E-state index is -3.42. The van der Waals surface area contributed by atoms with E-state index in [1.165, 1.54) is 16.8 Å². The summed E-state index contributed by atoms with van der Waals surface area (Å²) in [6.45, 7) is 0.913. The molecule has 84 valence electrons. The van der Waals surface area contributed by atoms with E-state index in [0.717, 1.165) is 12.8 Å². The molecule has 2 heterocycles. The fourth-order valence-corrected chi connectivity index (χ4v) is 3.47. The molecule has 1 aliphatic heterocycles. The van der Waals surface area contributed by atoms with E-state index in [4.69, 9.17) is 5.73 Å². The third-order valence-electron chi connectivity index (χ3n) is 2.65. The lowest BCUT2D eigenvalue weighted by atomic mass is 10.2. The second-order valence-electron chi connectivity index (χ2n) is 3.56. The molecule has 1 aromatic rings. The molecule has 0 radical (unpaired) electrons. The van der Waals surface area contributed by atoms with Gasteiger partial charge in [0.25, 0.3) is 10.0 Å². The Morgan fingerprint density at radius 2 is 2.47 bits per heavy atom. The Kier molecular flexibility index (Phi) is 2.76. The van der Waals surface area contributed by atoms with Gasteiger partial charge in [0.1, 0.15) is 0 Å². The first-order valence-electron chi connectivity index (χ1n) is 4.86. The van der Waals surface area contributed by atoms with E-state index in [1.54, 1.807) is 0 Å². The second-order valence-corrected chi connectivity index (χ2v) is 5.42. The number of rotatable bonds is 3.